The third-order valence-corrected chi connectivity index (χ3v) is 4.70. The molecular formula is C21H20N2O. The maximum absolute atomic E-state index is 11.6. The van der Waals surface area contributed by atoms with Crippen molar-refractivity contribution in [3.63, 3.8) is 0 Å². The molecule has 2 heterocycles. The number of anilines is 1. The van der Waals surface area contributed by atoms with E-state index < -0.39 is 0 Å². The van der Waals surface area contributed by atoms with Crippen LogP contribution in [0.1, 0.15) is 18.4 Å². The zero-order chi connectivity index (χ0) is 16.5. The minimum absolute atomic E-state index is 0.364. The number of hydrogen-bond donors (Lipinski definition) is 0. The molecule has 2 aromatic carbocycles. The number of ketones is 1. The molecule has 0 amide bonds. The molecule has 4 rings (SSSR count). The highest BCUT2D eigenvalue weighted by Gasteiger charge is 2.19. The predicted molar refractivity (Wildman–Crippen MR) is 98.4 cm³/mol. The van der Waals surface area contributed by atoms with E-state index in [2.05, 4.69) is 54.3 Å². The molecule has 1 saturated heterocycles. The lowest BCUT2D eigenvalue weighted by Gasteiger charge is -2.29. The van der Waals surface area contributed by atoms with Crippen LogP contribution in [-0.4, -0.2) is 23.9 Å². The SMILES string of the molecule is Cc1ccc(-c2cc(N3CCC(=O)CC3)c3ccccc3n2)cc1. The summed E-state index contributed by atoms with van der Waals surface area (Å²) in [5.74, 6) is 0.364. The van der Waals surface area contributed by atoms with Gasteiger partial charge in [0.25, 0.3) is 0 Å². The Balaban J connectivity index is 1.84. The van der Waals surface area contributed by atoms with Crippen LogP contribution in [0.2, 0.25) is 0 Å². The van der Waals surface area contributed by atoms with Crippen molar-refractivity contribution in [3.8, 4) is 11.3 Å². The number of rotatable bonds is 2. The number of fused-ring (bicyclic) bond motifs is 1. The molecule has 1 aliphatic rings. The number of nitrogens with zero attached hydrogens (tertiary/aromatic N) is 2. The van der Waals surface area contributed by atoms with E-state index in [-0.39, 0.29) is 0 Å². The fourth-order valence-electron chi connectivity index (χ4n) is 3.29. The van der Waals surface area contributed by atoms with E-state index in [9.17, 15) is 4.79 Å². The van der Waals surface area contributed by atoms with Crippen LogP contribution < -0.4 is 4.90 Å². The summed E-state index contributed by atoms with van der Waals surface area (Å²) < 4.78 is 0. The highest BCUT2D eigenvalue weighted by Crippen LogP contribution is 2.32. The lowest BCUT2D eigenvalue weighted by Crippen LogP contribution is -2.33. The number of piperidine rings is 1. The summed E-state index contributed by atoms with van der Waals surface area (Å²) in [5, 5.41) is 1.16. The van der Waals surface area contributed by atoms with Crippen LogP contribution in [0, 0.1) is 6.92 Å². The number of hydrogen-bond acceptors (Lipinski definition) is 3. The molecule has 1 aliphatic heterocycles. The lowest BCUT2D eigenvalue weighted by atomic mass is 10.0. The van der Waals surface area contributed by atoms with Gasteiger partial charge in [-0.05, 0) is 19.1 Å². The summed E-state index contributed by atoms with van der Waals surface area (Å²) in [5.41, 5.74) is 5.54. The molecule has 3 heteroatoms. The smallest absolute Gasteiger partial charge is 0.136 e. The average Bonchev–Trinajstić information content (AvgIpc) is 2.62. The second-order valence-corrected chi connectivity index (χ2v) is 6.44. The van der Waals surface area contributed by atoms with Gasteiger partial charge < -0.3 is 4.90 Å². The van der Waals surface area contributed by atoms with Gasteiger partial charge in [-0.3, -0.25) is 4.79 Å². The lowest BCUT2D eigenvalue weighted by molar-refractivity contribution is -0.119. The second-order valence-electron chi connectivity index (χ2n) is 6.44. The number of carbonyl (C=O) groups excluding carboxylic acids is 1. The minimum atomic E-state index is 0.364. The molecule has 0 aliphatic carbocycles. The van der Waals surface area contributed by atoms with Crippen molar-refractivity contribution in [2.24, 2.45) is 0 Å². The van der Waals surface area contributed by atoms with Crippen LogP contribution in [0.25, 0.3) is 22.2 Å². The molecule has 24 heavy (non-hydrogen) atoms. The maximum Gasteiger partial charge on any atom is 0.136 e. The Morgan fingerprint density at radius 2 is 1.67 bits per heavy atom. The maximum atomic E-state index is 11.6. The minimum Gasteiger partial charge on any atom is -0.370 e. The first-order valence-corrected chi connectivity index (χ1v) is 8.44. The van der Waals surface area contributed by atoms with Crippen LogP contribution in [0.4, 0.5) is 5.69 Å². The van der Waals surface area contributed by atoms with Gasteiger partial charge in [-0.15, -0.1) is 0 Å². The molecule has 0 bridgehead atoms. The van der Waals surface area contributed by atoms with Gasteiger partial charge in [-0.25, -0.2) is 4.98 Å². The molecule has 0 radical (unpaired) electrons. The van der Waals surface area contributed by atoms with E-state index in [0.29, 0.717) is 18.6 Å². The Bertz CT molecular complexity index is 889. The molecule has 3 aromatic rings. The topological polar surface area (TPSA) is 33.2 Å². The number of para-hydroxylation sites is 1. The third-order valence-electron chi connectivity index (χ3n) is 4.70. The van der Waals surface area contributed by atoms with Crippen LogP contribution in [0.5, 0.6) is 0 Å². The van der Waals surface area contributed by atoms with E-state index in [0.717, 1.165) is 35.2 Å². The van der Waals surface area contributed by atoms with E-state index >= 15 is 0 Å². The van der Waals surface area contributed by atoms with Gasteiger partial charge in [0.1, 0.15) is 5.78 Å². The quantitative estimate of drug-likeness (QED) is 0.703. The largest absolute Gasteiger partial charge is 0.370 e. The first kappa shape index (κ1) is 14.9. The molecule has 1 aromatic heterocycles. The Labute approximate surface area is 141 Å². The summed E-state index contributed by atoms with van der Waals surface area (Å²) >= 11 is 0. The van der Waals surface area contributed by atoms with Gasteiger partial charge in [0.05, 0.1) is 11.2 Å². The summed E-state index contributed by atoms with van der Waals surface area (Å²) in [4.78, 5) is 18.8. The average molecular weight is 316 g/mol. The predicted octanol–water partition coefficient (Wildman–Crippen LogP) is 4.38. The summed E-state index contributed by atoms with van der Waals surface area (Å²) in [6.45, 7) is 3.67. The van der Waals surface area contributed by atoms with Crippen molar-refractivity contribution in [2.45, 2.75) is 19.8 Å². The van der Waals surface area contributed by atoms with Gasteiger partial charge in [0, 0.05) is 42.6 Å². The number of aromatic nitrogens is 1. The molecule has 0 N–H and O–H groups in total. The van der Waals surface area contributed by atoms with Crippen molar-refractivity contribution in [1.29, 1.82) is 0 Å². The molecule has 0 unspecified atom stereocenters. The van der Waals surface area contributed by atoms with E-state index in [1.807, 2.05) is 12.1 Å². The first-order chi connectivity index (χ1) is 11.7. The molecule has 1 fully saturated rings. The molecular weight excluding hydrogens is 296 g/mol. The fourth-order valence-corrected chi connectivity index (χ4v) is 3.29. The van der Waals surface area contributed by atoms with Crippen molar-refractivity contribution < 1.29 is 4.79 Å². The Hall–Kier alpha value is -2.68. The van der Waals surface area contributed by atoms with Crippen molar-refractivity contribution in [3.05, 3.63) is 60.2 Å². The highest BCUT2D eigenvalue weighted by atomic mass is 16.1. The molecule has 120 valence electrons. The van der Waals surface area contributed by atoms with Crippen LogP contribution in [0.15, 0.2) is 54.6 Å². The monoisotopic (exact) mass is 316 g/mol. The van der Waals surface area contributed by atoms with Gasteiger partial charge in [0.15, 0.2) is 0 Å². The van der Waals surface area contributed by atoms with E-state index in [1.165, 1.54) is 11.3 Å². The van der Waals surface area contributed by atoms with Gasteiger partial charge in [-0.2, -0.15) is 0 Å². The summed E-state index contributed by atoms with van der Waals surface area (Å²) in [6, 6.07) is 18.9. The normalized spacial score (nSPS) is 15.0. The van der Waals surface area contributed by atoms with Gasteiger partial charge in [0.2, 0.25) is 0 Å². The zero-order valence-electron chi connectivity index (χ0n) is 13.8. The molecule has 0 spiro atoms. The van der Waals surface area contributed by atoms with E-state index in [4.69, 9.17) is 4.98 Å². The number of aryl methyl sites for hydroxylation is 1. The number of pyridine rings is 1. The molecule has 0 atom stereocenters. The van der Waals surface area contributed by atoms with Crippen molar-refractivity contribution >= 4 is 22.4 Å². The number of benzene rings is 2. The summed E-state index contributed by atoms with van der Waals surface area (Å²) in [7, 11) is 0. The van der Waals surface area contributed by atoms with Crippen LogP contribution in [0.3, 0.4) is 0 Å². The van der Waals surface area contributed by atoms with Crippen LogP contribution in [-0.2, 0) is 4.79 Å². The zero-order valence-corrected chi connectivity index (χ0v) is 13.8. The Morgan fingerprint density at radius 1 is 0.958 bits per heavy atom. The Morgan fingerprint density at radius 3 is 2.42 bits per heavy atom. The molecule has 3 nitrogen and oxygen atoms in total. The second kappa shape index (κ2) is 6.08. The fraction of sp³-hybridized carbons (Fsp3) is 0.238. The first-order valence-electron chi connectivity index (χ1n) is 8.44. The standard InChI is InChI=1S/C21H20N2O/c1-15-6-8-16(9-7-15)20-14-21(23-12-10-17(24)11-13-23)18-4-2-3-5-19(18)22-20/h2-9,14H,10-13H2,1H3. The van der Waals surface area contributed by atoms with Crippen molar-refractivity contribution in [2.75, 3.05) is 18.0 Å². The van der Waals surface area contributed by atoms with Crippen molar-refractivity contribution in [1.82, 2.24) is 4.98 Å². The van der Waals surface area contributed by atoms with Gasteiger partial charge >= 0.3 is 0 Å². The summed E-state index contributed by atoms with van der Waals surface area (Å²) in [6.07, 6.45) is 1.27. The van der Waals surface area contributed by atoms with E-state index in [1.54, 1.807) is 0 Å². The van der Waals surface area contributed by atoms with Crippen LogP contribution >= 0.6 is 0 Å². The third kappa shape index (κ3) is 2.78. The molecule has 0 saturated carbocycles. The number of Topliss-reactive ketones (excluding diaryl/α,β-unsaturated/α-hetero) is 1. The number of carbonyl (C=O) groups is 1. The van der Waals surface area contributed by atoms with Gasteiger partial charge in [-0.1, -0.05) is 48.0 Å². The Kier molecular flexibility index (Phi) is 3.77. The highest BCUT2D eigenvalue weighted by molar-refractivity contribution is 5.95.